The zero-order valence-electron chi connectivity index (χ0n) is 9.88. The van der Waals surface area contributed by atoms with E-state index in [2.05, 4.69) is 4.98 Å². The lowest BCUT2D eigenvalue weighted by Crippen LogP contribution is -1.97. The molecule has 3 nitrogen and oxygen atoms in total. The Morgan fingerprint density at radius 2 is 2.00 bits per heavy atom. The van der Waals surface area contributed by atoms with E-state index >= 15 is 0 Å². The van der Waals surface area contributed by atoms with E-state index < -0.39 is 0 Å². The van der Waals surface area contributed by atoms with Gasteiger partial charge in [0.15, 0.2) is 11.6 Å². The SMILES string of the molecule is Fc1ccccc1OCc1cn2c(Cl)cccc2n1. The summed E-state index contributed by atoms with van der Waals surface area (Å²) in [4.78, 5) is 4.35. The molecule has 0 saturated heterocycles. The maximum absolute atomic E-state index is 13.4. The Labute approximate surface area is 114 Å². The molecule has 3 rings (SSSR count). The highest BCUT2D eigenvalue weighted by atomic mass is 35.5. The highest BCUT2D eigenvalue weighted by Gasteiger charge is 2.06. The third-order valence-corrected chi connectivity index (χ3v) is 3.01. The Hall–Kier alpha value is -2.07. The van der Waals surface area contributed by atoms with Gasteiger partial charge in [-0.3, -0.25) is 4.40 Å². The predicted octanol–water partition coefficient (Wildman–Crippen LogP) is 3.71. The normalized spacial score (nSPS) is 10.8. The van der Waals surface area contributed by atoms with Crippen LogP contribution in [0.1, 0.15) is 5.69 Å². The fourth-order valence-electron chi connectivity index (χ4n) is 1.81. The topological polar surface area (TPSA) is 26.5 Å². The van der Waals surface area contributed by atoms with Crippen molar-refractivity contribution in [1.29, 1.82) is 0 Å². The van der Waals surface area contributed by atoms with Crippen LogP contribution in [0.3, 0.4) is 0 Å². The van der Waals surface area contributed by atoms with E-state index in [1.165, 1.54) is 6.07 Å². The minimum atomic E-state index is -0.385. The summed E-state index contributed by atoms with van der Waals surface area (Å²) >= 11 is 6.03. The largest absolute Gasteiger partial charge is 0.484 e. The molecular formula is C14H10ClFN2O. The van der Waals surface area contributed by atoms with Crippen molar-refractivity contribution >= 4 is 17.2 Å². The van der Waals surface area contributed by atoms with E-state index in [9.17, 15) is 4.39 Å². The van der Waals surface area contributed by atoms with Gasteiger partial charge in [0.1, 0.15) is 17.4 Å². The highest BCUT2D eigenvalue weighted by molar-refractivity contribution is 6.29. The van der Waals surface area contributed by atoms with Crippen LogP contribution in [-0.4, -0.2) is 9.38 Å². The molecule has 0 amide bonds. The maximum Gasteiger partial charge on any atom is 0.165 e. The van der Waals surface area contributed by atoms with Gasteiger partial charge >= 0.3 is 0 Å². The number of para-hydroxylation sites is 1. The molecule has 5 heteroatoms. The minimum absolute atomic E-state index is 0.193. The van der Waals surface area contributed by atoms with Crippen LogP contribution in [0.15, 0.2) is 48.7 Å². The van der Waals surface area contributed by atoms with Gasteiger partial charge in [-0.1, -0.05) is 29.8 Å². The minimum Gasteiger partial charge on any atom is -0.484 e. The molecule has 0 spiro atoms. The first kappa shape index (κ1) is 12.0. The van der Waals surface area contributed by atoms with Crippen LogP contribution in [0.25, 0.3) is 5.65 Å². The van der Waals surface area contributed by atoms with Crippen molar-refractivity contribution in [1.82, 2.24) is 9.38 Å². The average molecular weight is 277 g/mol. The lowest BCUT2D eigenvalue weighted by atomic mass is 10.3. The van der Waals surface area contributed by atoms with Crippen molar-refractivity contribution in [2.45, 2.75) is 6.61 Å². The summed E-state index contributed by atoms with van der Waals surface area (Å²) in [5.74, 6) is -0.171. The molecule has 2 heterocycles. The molecule has 0 fully saturated rings. The Kier molecular flexibility index (Phi) is 3.09. The molecule has 0 radical (unpaired) electrons. The number of imidazole rings is 1. The van der Waals surface area contributed by atoms with Gasteiger partial charge in [-0.05, 0) is 24.3 Å². The number of rotatable bonds is 3. The van der Waals surface area contributed by atoms with Crippen molar-refractivity contribution in [3.05, 3.63) is 65.3 Å². The number of nitrogens with zero attached hydrogens (tertiary/aromatic N) is 2. The summed E-state index contributed by atoms with van der Waals surface area (Å²) in [6.45, 7) is 0.193. The number of pyridine rings is 1. The van der Waals surface area contributed by atoms with Crippen molar-refractivity contribution in [3.8, 4) is 5.75 Å². The summed E-state index contributed by atoms with van der Waals surface area (Å²) in [5, 5.41) is 0.571. The summed E-state index contributed by atoms with van der Waals surface area (Å²) in [5.41, 5.74) is 1.43. The van der Waals surface area contributed by atoms with Gasteiger partial charge in [-0.15, -0.1) is 0 Å². The first-order valence-electron chi connectivity index (χ1n) is 5.74. The van der Waals surface area contributed by atoms with Gasteiger partial charge in [0, 0.05) is 6.20 Å². The van der Waals surface area contributed by atoms with Crippen molar-refractivity contribution in [3.63, 3.8) is 0 Å². The van der Waals surface area contributed by atoms with Crippen molar-refractivity contribution in [2.75, 3.05) is 0 Å². The fourth-order valence-corrected chi connectivity index (χ4v) is 2.02. The second-order valence-electron chi connectivity index (χ2n) is 4.03. The molecule has 0 unspecified atom stereocenters. The number of hydrogen-bond donors (Lipinski definition) is 0. The van der Waals surface area contributed by atoms with Gasteiger partial charge in [0.2, 0.25) is 0 Å². The molecule has 0 atom stereocenters. The molecule has 2 aromatic heterocycles. The van der Waals surface area contributed by atoms with Crippen LogP contribution in [0.4, 0.5) is 4.39 Å². The zero-order valence-corrected chi connectivity index (χ0v) is 10.6. The fraction of sp³-hybridized carbons (Fsp3) is 0.0714. The maximum atomic E-state index is 13.4. The van der Waals surface area contributed by atoms with E-state index in [1.807, 2.05) is 12.1 Å². The van der Waals surface area contributed by atoms with Crippen molar-refractivity contribution < 1.29 is 9.13 Å². The van der Waals surface area contributed by atoms with Gasteiger partial charge in [-0.2, -0.15) is 0 Å². The Morgan fingerprint density at radius 1 is 1.16 bits per heavy atom. The molecule has 3 aromatic rings. The molecule has 1 aromatic carbocycles. The average Bonchev–Trinajstić information content (AvgIpc) is 2.82. The number of halogens is 2. The van der Waals surface area contributed by atoms with Crippen LogP contribution >= 0.6 is 11.6 Å². The quantitative estimate of drug-likeness (QED) is 0.682. The summed E-state index contributed by atoms with van der Waals surface area (Å²) in [7, 11) is 0. The van der Waals surface area contributed by atoms with Gasteiger partial charge in [-0.25, -0.2) is 9.37 Å². The van der Waals surface area contributed by atoms with E-state index in [1.54, 1.807) is 34.9 Å². The molecule has 0 saturated carbocycles. The molecule has 0 bridgehead atoms. The molecule has 96 valence electrons. The number of aromatic nitrogens is 2. The van der Waals surface area contributed by atoms with Crippen LogP contribution < -0.4 is 4.74 Å². The lowest BCUT2D eigenvalue weighted by molar-refractivity contribution is 0.286. The molecule has 0 N–H and O–H groups in total. The van der Waals surface area contributed by atoms with Crippen LogP contribution in [0, 0.1) is 5.82 Å². The molecule has 0 aliphatic heterocycles. The second kappa shape index (κ2) is 4.90. The Balaban J connectivity index is 1.83. The number of fused-ring (bicyclic) bond motifs is 1. The molecule has 0 aliphatic rings. The van der Waals surface area contributed by atoms with Crippen LogP contribution in [0.5, 0.6) is 5.75 Å². The third kappa shape index (κ3) is 2.39. The third-order valence-electron chi connectivity index (χ3n) is 2.70. The van der Waals surface area contributed by atoms with E-state index in [0.717, 1.165) is 5.65 Å². The molecular weight excluding hydrogens is 267 g/mol. The van der Waals surface area contributed by atoms with E-state index in [4.69, 9.17) is 16.3 Å². The number of hydrogen-bond acceptors (Lipinski definition) is 2. The lowest BCUT2D eigenvalue weighted by Gasteiger charge is -2.04. The first-order valence-corrected chi connectivity index (χ1v) is 6.11. The Bertz CT molecular complexity index is 726. The van der Waals surface area contributed by atoms with Crippen LogP contribution in [0.2, 0.25) is 5.15 Å². The summed E-state index contributed by atoms with van der Waals surface area (Å²) in [6, 6.07) is 11.7. The molecule has 19 heavy (non-hydrogen) atoms. The van der Waals surface area contributed by atoms with E-state index in [-0.39, 0.29) is 18.2 Å². The van der Waals surface area contributed by atoms with Gasteiger partial charge < -0.3 is 4.74 Å². The van der Waals surface area contributed by atoms with E-state index in [0.29, 0.717) is 10.8 Å². The van der Waals surface area contributed by atoms with Gasteiger partial charge in [0.25, 0.3) is 0 Å². The first-order chi connectivity index (χ1) is 9.24. The summed E-state index contributed by atoms with van der Waals surface area (Å²) in [6.07, 6.45) is 1.78. The van der Waals surface area contributed by atoms with Crippen molar-refractivity contribution in [2.24, 2.45) is 0 Å². The second-order valence-corrected chi connectivity index (χ2v) is 4.42. The number of benzene rings is 1. The zero-order chi connectivity index (χ0) is 13.2. The summed E-state index contributed by atoms with van der Waals surface area (Å²) < 4.78 is 20.5. The standard InChI is InChI=1S/C14H10ClFN2O/c15-13-6-3-7-14-17-10(8-18(13)14)9-19-12-5-2-1-4-11(12)16/h1-8H,9H2. The van der Waals surface area contributed by atoms with Crippen LogP contribution in [-0.2, 0) is 6.61 Å². The molecule has 0 aliphatic carbocycles. The highest BCUT2D eigenvalue weighted by Crippen LogP contribution is 2.18. The Morgan fingerprint density at radius 3 is 2.79 bits per heavy atom. The smallest absolute Gasteiger partial charge is 0.165 e. The monoisotopic (exact) mass is 276 g/mol. The number of ether oxygens (including phenoxy) is 1. The predicted molar refractivity (Wildman–Crippen MR) is 70.9 cm³/mol. The van der Waals surface area contributed by atoms with Gasteiger partial charge in [0.05, 0.1) is 5.69 Å².